The molecule has 1 aromatic rings. The normalized spacial score (nSPS) is 29.8. The second-order valence-electron chi connectivity index (χ2n) is 4.80. The van der Waals surface area contributed by atoms with Crippen LogP contribution in [0, 0.1) is 0 Å². The highest BCUT2D eigenvalue weighted by molar-refractivity contribution is 6.22. The molecule has 1 aliphatic carbocycles. The Bertz CT molecular complexity index is 539. The summed E-state index contributed by atoms with van der Waals surface area (Å²) in [5, 5.41) is 0. The van der Waals surface area contributed by atoms with Crippen LogP contribution in [0.3, 0.4) is 0 Å². The fourth-order valence-corrected chi connectivity index (χ4v) is 3.11. The van der Waals surface area contributed by atoms with Gasteiger partial charge in [0.25, 0.3) is 5.91 Å². The second kappa shape index (κ2) is 3.12. The predicted octanol–water partition coefficient (Wildman–Crippen LogP) is 1.00. The van der Waals surface area contributed by atoms with Crippen molar-refractivity contribution in [2.24, 2.45) is 4.99 Å². The maximum Gasteiger partial charge on any atom is 0.280 e. The lowest BCUT2D eigenvalue weighted by atomic mass is 9.91. The van der Waals surface area contributed by atoms with Crippen LogP contribution in [0.5, 0.6) is 0 Å². The number of hydrogen-bond donors (Lipinski definition) is 0. The molecule has 0 aromatic carbocycles. The van der Waals surface area contributed by atoms with E-state index in [1.165, 1.54) is 12.8 Å². The van der Waals surface area contributed by atoms with Gasteiger partial charge in [-0.2, -0.15) is 0 Å². The van der Waals surface area contributed by atoms with Gasteiger partial charge in [-0.05, 0) is 12.8 Å². The van der Waals surface area contributed by atoms with Crippen molar-refractivity contribution in [3.63, 3.8) is 0 Å². The number of aromatic nitrogens is 2. The number of rotatable bonds is 0. The minimum absolute atomic E-state index is 0.0127. The average Bonchev–Trinajstić information content (AvgIpc) is 2.88. The van der Waals surface area contributed by atoms with E-state index >= 15 is 0 Å². The molecule has 2 aliphatic heterocycles. The molecule has 2 atom stereocenters. The van der Waals surface area contributed by atoms with Gasteiger partial charge < -0.3 is 0 Å². The van der Waals surface area contributed by atoms with Gasteiger partial charge in [-0.1, -0.05) is 12.8 Å². The Labute approximate surface area is 98.6 Å². The minimum atomic E-state index is -0.0127. The fraction of sp³-hybridized carbons (Fsp3) is 0.500. The molecule has 4 rings (SSSR count). The van der Waals surface area contributed by atoms with Crippen LogP contribution < -0.4 is 0 Å². The van der Waals surface area contributed by atoms with Gasteiger partial charge in [-0.3, -0.25) is 14.7 Å². The maximum absolute atomic E-state index is 12.3. The van der Waals surface area contributed by atoms with E-state index in [1.54, 1.807) is 12.4 Å². The fourth-order valence-electron chi connectivity index (χ4n) is 3.11. The molecule has 17 heavy (non-hydrogen) atoms. The number of amides is 1. The number of carbonyl (C=O) groups excluding carboxylic acids is 1. The summed E-state index contributed by atoms with van der Waals surface area (Å²) in [6.45, 7) is 0. The molecular weight excluding hydrogens is 216 g/mol. The van der Waals surface area contributed by atoms with Crippen molar-refractivity contribution < 1.29 is 4.79 Å². The maximum atomic E-state index is 12.3. The summed E-state index contributed by atoms with van der Waals surface area (Å²) in [5.74, 6) is 0.747. The Balaban J connectivity index is 1.86. The van der Waals surface area contributed by atoms with Crippen molar-refractivity contribution in [3.8, 4) is 0 Å². The number of aliphatic imine (C=N–C) groups is 1. The van der Waals surface area contributed by atoms with Gasteiger partial charge in [0.05, 0.1) is 12.1 Å². The highest BCUT2D eigenvalue weighted by Crippen LogP contribution is 2.36. The van der Waals surface area contributed by atoms with Crippen molar-refractivity contribution in [2.75, 3.05) is 0 Å². The Morgan fingerprint density at radius 3 is 2.76 bits per heavy atom. The van der Waals surface area contributed by atoms with Gasteiger partial charge in [0.15, 0.2) is 11.5 Å². The molecule has 0 spiro atoms. The van der Waals surface area contributed by atoms with Crippen LogP contribution in [0.1, 0.15) is 41.9 Å². The molecule has 1 fully saturated rings. The Morgan fingerprint density at radius 1 is 1.12 bits per heavy atom. The SMILES string of the molecule is O=C1c2nccnc2C2=NC3CCCCC3N12. The van der Waals surface area contributed by atoms with Gasteiger partial charge in [0.1, 0.15) is 5.69 Å². The highest BCUT2D eigenvalue weighted by atomic mass is 16.2. The smallest absolute Gasteiger partial charge is 0.280 e. The first-order chi connectivity index (χ1) is 8.36. The van der Waals surface area contributed by atoms with E-state index in [0.29, 0.717) is 11.4 Å². The van der Waals surface area contributed by atoms with E-state index in [-0.39, 0.29) is 18.0 Å². The van der Waals surface area contributed by atoms with Crippen molar-refractivity contribution in [3.05, 3.63) is 23.8 Å². The third-order valence-corrected chi connectivity index (χ3v) is 3.87. The molecule has 2 unspecified atom stereocenters. The summed E-state index contributed by atoms with van der Waals surface area (Å²) < 4.78 is 0. The Morgan fingerprint density at radius 2 is 1.88 bits per heavy atom. The predicted molar refractivity (Wildman–Crippen MR) is 60.8 cm³/mol. The molecular formula is C12H12N4O. The standard InChI is InChI=1S/C12H12N4O/c17-12-10-9(13-5-6-14-10)11-15-7-3-1-2-4-8(7)16(11)12/h5-8H,1-4H2. The lowest BCUT2D eigenvalue weighted by Crippen LogP contribution is -2.42. The Kier molecular flexibility index (Phi) is 1.70. The summed E-state index contributed by atoms with van der Waals surface area (Å²) in [6.07, 6.45) is 7.74. The summed E-state index contributed by atoms with van der Waals surface area (Å²) in [7, 11) is 0. The number of fused-ring (bicyclic) bond motifs is 5. The number of amidine groups is 1. The van der Waals surface area contributed by atoms with Gasteiger partial charge in [-0.15, -0.1) is 0 Å². The van der Waals surface area contributed by atoms with Gasteiger partial charge >= 0.3 is 0 Å². The molecule has 0 radical (unpaired) electrons. The molecule has 0 saturated heterocycles. The number of nitrogens with zero attached hydrogens (tertiary/aromatic N) is 4. The largest absolute Gasteiger partial charge is 0.284 e. The first-order valence-electron chi connectivity index (χ1n) is 6.09. The first-order valence-corrected chi connectivity index (χ1v) is 6.09. The van der Waals surface area contributed by atoms with Crippen LogP contribution in [0.2, 0.25) is 0 Å². The third-order valence-electron chi connectivity index (χ3n) is 3.87. The molecule has 0 bridgehead atoms. The van der Waals surface area contributed by atoms with Crippen LogP contribution in [0.15, 0.2) is 17.4 Å². The molecule has 5 heteroatoms. The summed E-state index contributed by atoms with van der Waals surface area (Å²) in [5.41, 5.74) is 1.14. The molecule has 86 valence electrons. The highest BCUT2D eigenvalue weighted by Gasteiger charge is 2.48. The molecule has 5 nitrogen and oxygen atoms in total. The van der Waals surface area contributed by atoms with Crippen LogP contribution in [0.25, 0.3) is 0 Å². The lowest BCUT2D eigenvalue weighted by molar-refractivity contribution is 0.0794. The molecule has 0 N–H and O–H groups in total. The van der Waals surface area contributed by atoms with E-state index in [9.17, 15) is 4.79 Å². The summed E-state index contributed by atoms with van der Waals surface area (Å²) in [4.78, 5) is 27.2. The third kappa shape index (κ3) is 1.09. The summed E-state index contributed by atoms with van der Waals surface area (Å²) in [6, 6.07) is 0.542. The average molecular weight is 228 g/mol. The van der Waals surface area contributed by atoms with Crippen molar-refractivity contribution in [1.29, 1.82) is 0 Å². The van der Waals surface area contributed by atoms with Crippen LogP contribution in [0.4, 0.5) is 0 Å². The van der Waals surface area contributed by atoms with Crippen LogP contribution in [-0.2, 0) is 0 Å². The van der Waals surface area contributed by atoms with Crippen LogP contribution >= 0.6 is 0 Å². The topological polar surface area (TPSA) is 58.5 Å². The number of carbonyl (C=O) groups is 1. The monoisotopic (exact) mass is 228 g/mol. The van der Waals surface area contributed by atoms with Crippen LogP contribution in [-0.4, -0.2) is 38.7 Å². The number of hydrogen-bond acceptors (Lipinski definition) is 4. The second-order valence-corrected chi connectivity index (χ2v) is 4.80. The van der Waals surface area contributed by atoms with Crippen molar-refractivity contribution in [1.82, 2.24) is 14.9 Å². The van der Waals surface area contributed by atoms with Gasteiger partial charge in [0, 0.05) is 12.4 Å². The lowest BCUT2D eigenvalue weighted by Gasteiger charge is -2.28. The van der Waals surface area contributed by atoms with E-state index in [0.717, 1.165) is 18.7 Å². The van der Waals surface area contributed by atoms with Crippen molar-refractivity contribution >= 4 is 11.7 Å². The molecule has 1 amide bonds. The molecule has 1 aromatic heterocycles. The molecule has 3 heterocycles. The zero-order valence-electron chi connectivity index (χ0n) is 9.33. The van der Waals surface area contributed by atoms with E-state index < -0.39 is 0 Å². The molecule has 1 saturated carbocycles. The van der Waals surface area contributed by atoms with Crippen molar-refractivity contribution in [2.45, 2.75) is 37.8 Å². The van der Waals surface area contributed by atoms with E-state index in [1.807, 2.05) is 4.90 Å². The zero-order valence-corrected chi connectivity index (χ0v) is 9.33. The van der Waals surface area contributed by atoms with Gasteiger partial charge in [0.2, 0.25) is 0 Å². The Hall–Kier alpha value is -1.78. The first kappa shape index (κ1) is 9.27. The van der Waals surface area contributed by atoms with Gasteiger partial charge in [-0.25, -0.2) is 9.97 Å². The zero-order chi connectivity index (χ0) is 11.4. The molecule has 3 aliphatic rings. The quantitative estimate of drug-likeness (QED) is 0.665. The minimum Gasteiger partial charge on any atom is -0.284 e. The summed E-state index contributed by atoms with van der Waals surface area (Å²) >= 11 is 0. The van der Waals surface area contributed by atoms with E-state index in [2.05, 4.69) is 15.0 Å². The van der Waals surface area contributed by atoms with E-state index in [4.69, 9.17) is 0 Å².